The van der Waals surface area contributed by atoms with Gasteiger partial charge < -0.3 is 15.7 Å². The van der Waals surface area contributed by atoms with Crippen LogP contribution in [0.2, 0.25) is 0 Å². The van der Waals surface area contributed by atoms with Crippen LogP contribution in [-0.4, -0.2) is 30.1 Å². The second-order valence-electron chi connectivity index (χ2n) is 5.81. The lowest BCUT2D eigenvalue weighted by molar-refractivity contribution is -0.138. The number of carboxylic acids is 1. The molecule has 0 heterocycles. The number of rotatable bonds is 5. The van der Waals surface area contributed by atoms with E-state index < -0.39 is 11.4 Å². The number of benzene rings is 1. The number of aryl methyl sites for hydroxylation is 1. The van der Waals surface area contributed by atoms with Crippen LogP contribution in [0.5, 0.6) is 0 Å². The van der Waals surface area contributed by atoms with E-state index in [1.807, 2.05) is 19.1 Å². The monoisotopic (exact) mass is 290 g/mol. The van der Waals surface area contributed by atoms with Gasteiger partial charge in [0.2, 0.25) is 5.91 Å². The third-order valence-corrected chi connectivity index (χ3v) is 4.29. The minimum atomic E-state index is -1.02. The van der Waals surface area contributed by atoms with Gasteiger partial charge in [-0.05, 0) is 31.9 Å². The molecule has 1 amide bonds. The van der Waals surface area contributed by atoms with Crippen molar-refractivity contribution in [2.45, 2.75) is 32.6 Å². The first-order valence-corrected chi connectivity index (χ1v) is 7.29. The zero-order valence-electron chi connectivity index (χ0n) is 12.3. The van der Waals surface area contributed by atoms with E-state index in [0.29, 0.717) is 5.69 Å². The van der Waals surface area contributed by atoms with E-state index >= 15 is 0 Å². The van der Waals surface area contributed by atoms with Crippen molar-refractivity contribution >= 4 is 17.6 Å². The summed E-state index contributed by atoms with van der Waals surface area (Å²) in [7, 11) is 0. The van der Waals surface area contributed by atoms with E-state index in [0.717, 1.165) is 31.2 Å². The maximum atomic E-state index is 12.9. The summed E-state index contributed by atoms with van der Waals surface area (Å²) in [6.45, 7) is 1.89. The van der Waals surface area contributed by atoms with Crippen molar-refractivity contribution in [3.8, 4) is 0 Å². The maximum absolute atomic E-state index is 12.9. The third kappa shape index (κ3) is 3.24. The maximum Gasteiger partial charge on any atom is 0.323 e. The highest BCUT2D eigenvalue weighted by Gasteiger charge is 2.43. The van der Waals surface area contributed by atoms with E-state index in [1.54, 1.807) is 12.1 Å². The molecule has 0 spiro atoms. The van der Waals surface area contributed by atoms with Crippen molar-refractivity contribution in [2.75, 3.05) is 18.0 Å². The zero-order chi connectivity index (χ0) is 15.5. The van der Waals surface area contributed by atoms with Crippen molar-refractivity contribution in [1.29, 1.82) is 0 Å². The van der Waals surface area contributed by atoms with Gasteiger partial charge in [-0.1, -0.05) is 30.5 Å². The molecule has 0 aromatic heterocycles. The molecular weight excluding hydrogens is 268 g/mol. The Morgan fingerprint density at radius 2 is 1.81 bits per heavy atom. The highest BCUT2D eigenvalue weighted by atomic mass is 16.4. The standard InChI is InChI=1S/C16H22N2O3/c1-12-4-6-13(7-5-12)18(10-14(19)20)15(21)16(11-17)8-2-3-9-16/h4-7H,2-3,8-11,17H2,1H3,(H,19,20). The van der Waals surface area contributed by atoms with Crippen LogP contribution in [0.1, 0.15) is 31.2 Å². The molecule has 5 heteroatoms. The fraction of sp³-hybridized carbons (Fsp3) is 0.500. The molecule has 2 rings (SSSR count). The molecule has 0 atom stereocenters. The van der Waals surface area contributed by atoms with Crippen LogP contribution in [0, 0.1) is 12.3 Å². The Bertz CT molecular complexity index is 519. The third-order valence-electron chi connectivity index (χ3n) is 4.29. The Balaban J connectivity index is 2.33. The van der Waals surface area contributed by atoms with Gasteiger partial charge in [0.15, 0.2) is 0 Å². The van der Waals surface area contributed by atoms with Gasteiger partial charge in [-0.25, -0.2) is 0 Å². The van der Waals surface area contributed by atoms with E-state index in [4.69, 9.17) is 10.8 Å². The number of aliphatic carboxylic acids is 1. The van der Waals surface area contributed by atoms with Gasteiger partial charge in [0.25, 0.3) is 0 Å². The van der Waals surface area contributed by atoms with E-state index in [-0.39, 0.29) is 19.0 Å². The molecule has 1 aromatic rings. The van der Waals surface area contributed by atoms with Crippen molar-refractivity contribution in [1.82, 2.24) is 0 Å². The molecule has 0 saturated heterocycles. The Morgan fingerprint density at radius 3 is 2.29 bits per heavy atom. The van der Waals surface area contributed by atoms with Gasteiger partial charge in [-0.3, -0.25) is 9.59 Å². The second-order valence-corrected chi connectivity index (χ2v) is 5.81. The van der Waals surface area contributed by atoms with Crippen LogP contribution >= 0.6 is 0 Å². The molecule has 1 aliphatic carbocycles. The molecule has 1 aromatic carbocycles. The number of hydrogen-bond donors (Lipinski definition) is 2. The minimum Gasteiger partial charge on any atom is -0.480 e. The average molecular weight is 290 g/mol. The van der Waals surface area contributed by atoms with Crippen molar-refractivity contribution in [3.63, 3.8) is 0 Å². The summed E-state index contributed by atoms with van der Waals surface area (Å²) in [4.78, 5) is 25.4. The van der Waals surface area contributed by atoms with Crippen LogP contribution in [0.4, 0.5) is 5.69 Å². The predicted molar refractivity (Wildman–Crippen MR) is 81.1 cm³/mol. The number of hydrogen-bond acceptors (Lipinski definition) is 3. The van der Waals surface area contributed by atoms with E-state index in [2.05, 4.69) is 0 Å². The number of carbonyl (C=O) groups excluding carboxylic acids is 1. The lowest BCUT2D eigenvalue weighted by atomic mass is 9.84. The molecule has 0 bridgehead atoms. The average Bonchev–Trinajstić information content (AvgIpc) is 2.95. The number of nitrogens with zero attached hydrogens (tertiary/aromatic N) is 1. The largest absolute Gasteiger partial charge is 0.480 e. The smallest absolute Gasteiger partial charge is 0.323 e. The zero-order valence-corrected chi connectivity index (χ0v) is 12.3. The number of anilines is 1. The SMILES string of the molecule is Cc1ccc(N(CC(=O)O)C(=O)C2(CN)CCCC2)cc1. The molecule has 5 nitrogen and oxygen atoms in total. The van der Waals surface area contributed by atoms with Gasteiger partial charge >= 0.3 is 5.97 Å². The van der Waals surface area contributed by atoms with Crippen LogP contribution < -0.4 is 10.6 Å². The Labute approximate surface area is 124 Å². The molecule has 114 valence electrons. The van der Waals surface area contributed by atoms with Crippen LogP contribution in [0.15, 0.2) is 24.3 Å². The van der Waals surface area contributed by atoms with Crippen molar-refractivity contribution in [3.05, 3.63) is 29.8 Å². The number of amides is 1. The summed E-state index contributed by atoms with van der Waals surface area (Å²) in [6, 6.07) is 7.33. The minimum absolute atomic E-state index is 0.159. The lowest BCUT2D eigenvalue weighted by Gasteiger charge is -2.32. The van der Waals surface area contributed by atoms with Gasteiger partial charge in [0.1, 0.15) is 6.54 Å². The summed E-state index contributed by atoms with van der Waals surface area (Å²) in [5, 5.41) is 9.12. The summed E-state index contributed by atoms with van der Waals surface area (Å²) in [5.41, 5.74) is 6.93. The van der Waals surface area contributed by atoms with Crippen LogP contribution in [-0.2, 0) is 9.59 Å². The number of nitrogens with two attached hydrogens (primary N) is 1. The molecular formula is C16H22N2O3. The second kappa shape index (κ2) is 6.26. The van der Waals surface area contributed by atoms with Crippen LogP contribution in [0.3, 0.4) is 0 Å². The first kappa shape index (κ1) is 15.5. The lowest BCUT2D eigenvalue weighted by Crippen LogP contribution is -2.48. The summed E-state index contributed by atoms with van der Waals surface area (Å²) < 4.78 is 0. The Morgan fingerprint density at radius 1 is 1.24 bits per heavy atom. The fourth-order valence-corrected chi connectivity index (χ4v) is 2.98. The Hall–Kier alpha value is -1.88. The molecule has 0 aliphatic heterocycles. The number of carboxylic acid groups (broad SMARTS) is 1. The molecule has 1 fully saturated rings. The topological polar surface area (TPSA) is 83.6 Å². The quantitative estimate of drug-likeness (QED) is 0.868. The van der Waals surface area contributed by atoms with E-state index in [9.17, 15) is 9.59 Å². The first-order chi connectivity index (χ1) is 9.98. The fourth-order valence-electron chi connectivity index (χ4n) is 2.98. The molecule has 0 unspecified atom stereocenters. The highest BCUT2D eigenvalue weighted by molar-refractivity contribution is 6.01. The van der Waals surface area contributed by atoms with Crippen molar-refractivity contribution in [2.24, 2.45) is 11.1 Å². The van der Waals surface area contributed by atoms with Gasteiger partial charge in [0, 0.05) is 12.2 Å². The highest BCUT2D eigenvalue weighted by Crippen LogP contribution is 2.39. The molecule has 1 aliphatic rings. The van der Waals surface area contributed by atoms with Crippen molar-refractivity contribution < 1.29 is 14.7 Å². The number of carbonyl (C=O) groups is 2. The van der Waals surface area contributed by atoms with Gasteiger partial charge in [-0.2, -0.15) is 0 Å². The summed E-state index contributed by atoms with van der Waals surface area (Å²) >= 11 is 0. The first-order valence-electron chi connectivity index (χ1n) is 7.29. The molecule has 21 heavy (non-hydrogen) atoms. The van der Waals surface area contributed by atoms with E-state index in [1.165, 1.54) is 4.90 Å². The molecule has 0 radical (unpaired) electrons. The van der Waals surface area contributed by atoms with Gasteiger partial charge in [-0.15, -0.1) is 0 Å². The summed E-state index contributed by atoms with van der Waals surface area (Å²) in [5.74, 6) is -1.18. The molecule has 3 N–H and O–H groups in total. The Kier molecular flexibility index (Phi) is 4.63. The summed E-state index contributed by atoms with van der Waals surface area (Å²) in [6.07, 6.45) is 3.42. The van der Waals surface area contributed by atoms with Gasteiger partial charge in [0.05, 0.1) is 5.41 Å². The van der Waals surface area contributed by atoms with Crippen LogP contribution in [0.25, 0.3) is 0 Å². The predicted octanol–water partition coefficient (Wildman–Crippen LogP) is 1.93. The molecule has 1 saturated carbocycles. The normalized spacial score (nSPS) is 16.7.